The highest BCUT2D eigenvalue weighted by Crippen LogP contribution is 2.35. The molecule has 0 aromatic heterocycles. The number of fused-ring (bicyclic) bond motifs is 1. The number of urea groups is 1. The van der Waals surface area contributed by atoms with Crippen LogP contribution in [0.15, 0.2) is 66.7 Å². The Bertz CT molecular complexity index is 1120. The van der Waals surface area contributed by atoms with Gasteiger partial charge in [-0.1, -0.05) is 41.9 Å². The van der Waals surface area contributed by atoms with E-state index in [9.17, 15) is 4.79 Å². The Hall–Kier alpha value is -3.38. The van der Waals surface area contributed by atoms with Crippen LogP contribution in [0.1, 0.15) is 17.2 Å². The fourth-order valence-corrected chi connectivity index (χ4v) is 4.40. The summed E-state index contributed by atoms with van der Waals surface area (Å²) in [5, 5.41) is 6.43. The predicted octanol–water partition coefficient (Wildman–Crippen LogP) is 5.34. The lowest BCUT2D eigenvalue weighted by molar-refractivity contribution is 0.251. The molecule has 0 bridgehead atoms. The molecular formula is C26H29ClN4O2. The van der Waals surface area contributed by atoms with Crippen molar-refractivity contribution in [2.24, 2.45) is 0 Å². The third kappa shape index (κ3) is 5.17. The van der Waals surface area contributed by atoms with Gasteiger partial charge >= 0.3 is 6.03 Å². The van der Waals surface area contributed by atoms with E-state index in [-0.39, 0.29) is 12.1 Å². The van der Waals surface area contributed by atoms with Gasteiger partial charge in [0.15, 0.2) is 0 Å². The van der Waals surface area contributed by atoms with E-state index in [2.05, 4.69) is 69.0 Å². The molecule has 6 nitrogen and oxygen atoms in total. The number of anilines is 3. The van der Waals surface area contributed by atoms with Crippen molar-refractivity contribution in [1.29, 1.82) is 0 Å². The summed E-state index contributed by atoms with van der Waals surface area (Å²) in [5.74, 6) is 0.554. The highest BCUT2D eigenvalue weighted by molar-refractivity contribution is 6.31. The molecule has 0 spiro atoms. The summed E-state index contributed by atoms with van der Waals surface area (Å²) in [5.41, 5.74) is 5.37. The summed E-state index contributed by atoms with van der Waals surface area (Å²) < 4.78 is 5.33. The van der Waals surface area contributed by atoms with Gasteiger partial charge in [0.2, 0.25) is 0 Å². The van der Waals surface area contributed by atoms with Crippen LogP contribution in [0.25, 0.3) is 0 Å². The number of methoxy groups -OCH3 is 1. The van der Waals surface area contributed by atoms with Gasteiger partial charge in [-0.2, -0.15) is 0 Å². The quantitative estimate of drug-likeness (QED) is 0.495. The SMILES string of the molecule is COc1ccc(Cl)cc1NC(=O)NC[C@H](c1ccc(N(C)C)cc1)N1CCc2ccccc21. The standard InChI is InChI=1S/C26H29ClN4O2/c1-30(2)21-11-8-19(9-12-21)24(31-15-14-18-6-4-5-7-23(18)31)17-28-26(32)29-22-16-20(27)10-13-25(22)33-3/h4-13,16,24H,14-15,17H2,1-3H3,(H2,28,29,32)/t24-/m1/s1. The van der Waals surface area contributed by atoms with Crippen LogP contribution in [-0.2, 0) is 6.42 Å². The molecule has 2 amide bonds. The Labute approximate surface area is 200 Å². The normalized spacial score (nSPS) is 13.3. The fraction of sp³-hybridized carbons (Fsp3) is 0.269. The van der Waals surface area contributed by atoms with Crippen molar-refractivity contribution in [2.45, 2.75) is 12.5 Å². The van der Waals surface area contributed by atoms with E-state index >= 15 is 0 Å². The van der Waals surface area contributed by atoms with E-state index in [0.29, 0.717) is 23.0 Å². The number of para-hydroxylation sites is 1. The third-order valence-corrected chi connectivity index (χ3v) is 6.19. The number of carbonyl (C=O) groups is 1. The summed E-state index contributed by atoms with van der Waals surface area (Å²) in [4.78, 5) is 17.2. The highest BCUT2D eigenvalue weighted by atomic mass is 35.5. The molecule has 3 aromatic rings. The van der Waals surface area contributed by atoms with Crippen LogP contribution in [0.2, 0.25) is 5.02 Å². The average molecular weight is 465 g/mol. The lowest BCUT2D eigenvalue weighted by Gasteiger charge is -2.31. The van der Waals surface area contributed by atoms with Crippen LogP contribution in [-0.4, -0.2) is 40.3 Å². The van der Waals surface area contributed by atoms with Gasteiger partial charge in [0.05, 0.1) is 18.8 Å². The predicted molar refractivity (Wildman–Crippen MR) is 136 cm³/mol. The number of hydrogen-bond acceptors (Lipinski definition) is 4. The molecule has 0 fully saturated rings. The van der Waals surface area contributed by atoms with E-state index < -0.39 is 0 Å². The van der Waals surface area contributed by atoms with Crippen LogP contribution in [0.3, 0.4) is 0 Å². The summed E-state index contributed by atoms with van der Waals surface area (Å²) >= 11 is 6.10. The zero-order chi connectivity index (χ0) is 23.4. The molecule has 1 aliphatic heterocycles. The molecule has 33 heavy (non-hydrogen) atoms. The average Bonchev–Trinajstić information content (AvgIpc) is 3.24. The van der Waals surface area contributed by atoms with E-state index in [0.717, 1.165) is 24.2 Å². The number of ether oxygens (including phenoxy) is 1. The largest absolute Gasteiger partial charge is 0.495 e. The minimum Gasteiger partial charge on any atom is -0.495 e. The number of rotatable bonds is 7. The fourth-order valence-electron chi connectivity index (χ4n) is 4.22. The Morgan fingerprint density at radius 2 is 1.88 bits per heavy atom. The molecule has 1 aliphatic rings. The number of benzene rings is 3. The minimum atomic E-state index is -0.307. The zero-order valence-corrected chi connectivity index (χ0v) is 19.9. The van der Waals surface area contributed by atoms with Crippen molar-refractivity contribution < 1.29 is 9.53 Å². The monoisotopic (exact) mass is 464 g/mol. The van der Waals surface area contributed by atoms with Gasteiger partial charge in [-0.3, -0.25) is 0 Å². The number of carbonyl (C=O) groups excluding carboxylic acids is 1. The Morgan fingerprint density at radius 3 is 2.61 bits per heavy atom. The van der Waals surface area contributed by atoms with Crippen LogP contribution in [0.5, 0.6) is 5.75 Å². The maximum Gasteiger partial charge on any atom is 0.319 e. The summed E-state index contributed by atoms with van der Waals surface area (Å²) in [6.07, 6.45) is 0.994. The molecule has 7 heteroatoms. The Balaban J connectivity index is 1.54. The molecule has 0 saturated carbocycles. The molecule has 172 valence electrons. The summed E-state index contributed by atoms with van der Waals surface area (Å²) in [6.45, 7) is 1.36. The van der Waals surface area contributed by atoms with Crippen molar-refractivity contribution in [2.75, 3.05) is 49.4 Å². The maximum atomic E-state index is 12.8. The van der Waals surface area contributed by atoms with Crippen molar-refractivity contribution in [3.05, 3.63) is 82.9 Å². The van der Waals surface area contributed by atoms with Crippen LogP contribution in [0, 0.1) is 0 Å². The van der Waals surface area contributed by atoms with Crippen molar-refractivity contribution in [1.82, 2.24) is 5.32 Å². The van der Waals surface area contributed by atoms with E-state index in [4.69, 9.17) is 16.3 Å². The van der Waals surface area contributed by atoms with Crippen LogP contribution < -0.4 is 25.2 Å². The van der Waals surface area contributed by atoms with E-state index in [1.54, 1.807) is 25.3 Å². The smallest absolute Gasteiger partial charge is 0.319 e. The molecular weight excluding hydrogens is 436 g/mol. The first-order valence-electron chi connectivity index (χ1n) is 11.0. The Morgan fingerprint density at radius 1 is 1.12 bits per heavy atom. The second kappa shape index (κ2) is 10.0. The van der Waals surface area contributed by atoms with Gasteiger partial charge in [0.1, 0.15) is 5.75 Å². The first-order chi connectivity index (χ1) is 16.0. The highest BCUT2D eigenvalue weighted by Gasteiger charge is 2.27. The number of nitrogens with zero attached hydrogens (tertiary/aromatic N) is 2. The minimum absolute atomic E-state index is 0.00290. The second-order valence-corrected chi connectivity index (χ2v) is 8.69. The van der Waals surface area contributed by atoms with E-state index in [1.165, 1.54) is 11.3 Å². The molecule has 4 rings (SSSR count). The zero-order valence-electron chi connectivity index (χ0n) is 19.1. The summed E-state index contributed by atoms with van der Waals surface area (Å²) in [7, 11) is 5.61. The van der Waals surface area contributed by atoms with Crippen LogP contribution >= 0.6 is 11.6 Å². The van der Waals surface area contributed by atoms with Gasteiger partial charge in [-0.15, -0.1) is 0 Å². The van der Waals surface area contributed by atoms with Gasteiger partial charge in [0, 0.05) is 43.6 Å². The maximum absolute atomic E-state index is 12.8. The number of nitrogens with one attached hydrogen (secondary N) is 2. The van der Waals surface area contributed by atoms with Gasteiger partial charge in [-0.05, 0) is 53.9 Å². The van der Waals surface area contributed by atoms with Gasteiger partial charge < -0.3 is 25.2 Å². The topological polar surface area (TPSA) is 56.8 Å². The first-order valence-corrected chi connectivity index (χ1v) is 11.3. The molecule has 3 aromatic carbocycles. The molecule has 0 aliphatic carbocycles. The molecule has 1 heterocycles. The molecule has 1 atom stereocenters. The molecule has 0 saturated heterocycles. The lowest BCUT2D eigenvalue weighted by atomic mass is 10.0. The number of amides is 2. The first kappa shape index (κ1) is 22.8. The van der Waals surface area contributed by atoms with Crippen molar-refractivity contribution in [3.8, 4) is 5.75 Å². The van der Waals surface area contributed by atoms with Gasteiger partial charge in [0.25, 0.3) is 0 Å². The van der Waals surface area contributed by atoms with Crippen LogP contribution in [0.4, 0.5) is 21.9 Å². The van der Waals surface area contributed by atoms with Crippen molar-refractivity contribution in [3.63, 3.8) is 0 Å². The molecule has 2 N–H and O–H groups in total. The molecule has 0 radical (unpaired) electrons. The van der Waals surface area contributed by atoms with E-state index in [1.807, 2.05) is 14.1 Å². The third-order valence-electron chi connectivity index (χ3n) is 5.96. The van der Waals surface area contributed by atoms with Gasteiger partial charge in [-0.25, -0.2) is 4.79 Å². The summed E-state index contributed by atoms with van der Waals surface area (Å²) in [6, 6.07) is 21.8. The molecule has 0 unspecified atom stereocenters. The second-order valence-electron chi connectivity index (χ2n) is 8.25. The lowest BCUT2D eigenvalue weighted by Crippen LogP contribution is -2.39. The number of hydrogen-bond donors (Lipinski definition) is 2. The Kier molecular flexibility index (Phi) is 6.94. The number of halogens is 1. The van der Waals surface area contributed by atoms with Crippen molar-refractivity contribution >= 4 is 34.7 Å².